The predicted octanol–water partition coefficient (Wildman–Crippen LogP) is 1.77. The molecule has 0 spiro atoms. The van der Waals surface area contributed by atoms with E-state index in [1.165, 1.54) is 5.56 Å². The second kappa shape index (κ2) is 5.54. The van der Waals surface area contributed by atoms with Crippen LogP contribution in [-0.4, -0.2) is 19.9 Å². The van der Waals surface area contributed by atoms with Crippen LogP contribution < -0.4 is 4.74 Å². The Morgan fingerprint density at radius 3 is 2.57 bits per heavy atom. The topological polar surface area (TPSA) is 66.8 Å². The van der Waals surface area contributed by atoms with Crippen LogP contribution in [0.4, 0.5) is 0 Å². The summed E-state index contributed by atoms with van der Waals surface area (Å²) in [5.74, 6) is 0.991. The van der Waals surface area contributed by atoms with Gasteiger partial charge in [-0.15, -0.1) is 0 Å². The molecule has 4 nitrogen and oxygen atoms in total. The lowest BCUT2D eigenvalue weighted by Crippen LogP contribution is -1.98. The molecule has 0 aromatic heterocycles. The lowest BCUT2D eigenvalue weighted by molar-refractivity contribution is 0.358. The third-order valence-electron chi connectivity index (χ3n) is 1.55. The predicted molar refractivity (Wildman–Crippen MR) is 54.4 cm³/mol. The van der Waals surface area contributed by atoms with Crippen molar-refractivity contribution in [3.63, 3.8) is 0 Å². The summed E-state index contributed by atoms with van der Waals surface area (Å²) in [6.07, 6.45) is 4.10. The molecule has 14 heavy (non-hydrogen) atoms. The molecule has 0 fully saturated rings. The highest BCUT2D eigenvalue weighted by Gasteiger charge is 2.01. The van der Waals surface area contributed by atoms with Gasteiger partial charge in [-0.25, -0.2) is 0 Å². The molecule has 0 amide bonds. The van der Waals surface area contributed by atoms with Gasteiger partial charge in [-0.2, -0.15) is 4.21 Å². The maximum atomic E-state index is 8.67. The first-order chi connectivity index (χ1) is 6.70. The minimum atomic E-state index is -2.61. The van der Waals surface area contributed by atoms with Crippen molar-refractivity contribution in [3.05, 3.63) is 35.9 Å². The Bertz CT molecular complexity index is 344. The van der Waals surface area contributed by atoms with Gasteiger partial charge in [0.2, 0.25) is 0 Å². The third-order valence-corrected chi connectivity index (χ3v) is 1.55. The van der Waals surface area contributed by atoms with Gasteiger partial charge < -0.3 is 4.74 Å². The van der Waals surface area contributed by atoms with E-state index in [4.69, 9.17) is 18.1 Å². The third kappa shape index (κ3) is 3.69. The van der Waals surface area contributed by atoms with Crippen LogP contribution in [0.25, 0.3) is 6.08 Å². The van der Waals surface area contributed by atoms with Gasteiger partial charge >= 0.3 is 0 Å². The van der Waals surface area contributed by atoms with Crippen LogP contribution in [0, 0.1) is 0 Å². The van der Waals surface area contributed by atoms with E-state index in [-0.39, 0.29) is 0 Å². The molecule has 1 aromatic rings. The van der Waals surface area contributed by atoms with Gasteiger partial charge in [-0.05, 0) is 12.1 Å². The van der Waals surface area contributed by atoms with Crippen molar-refractivity contribution >= 4 is 17.4 Å². The van der Waals surface area contributed by atoms with Gasteiger partial charge in [-0.3, -0.25) is 9.11 Å². The van der Waals surface area contributed by atoms with Crippen molar-refractivity contribution in [1.29, 1.82) is 0 Å². The average molecular weight is 214 g/mol. The Hall–Kier alpha value is -1.17. The van der Waals surface area contributed by atoms with Crippen molar-refractivity contribution in [2.24, 2.45) is 0 Å². The molecule has 2 N–H and O–H groups in total. The Balaban J connectivity index is 0.000000213. The molecule has 0 radical (unpaired) electrons. The number of hydrogen-bond donors (Lipinski definition) is 2. The average Bonchev–Trinajstić information content (AvgIpc) is 2.17. The molecule has 2 rings (SSSR count). The number of hydrogen-bond acceptors (Lipinski definition) is 2. The second-order valence-electron chi connectivity index (χ2n) is 2.48. The molecule has 1 aliphatic heterocycles. The number of para-hydroxylation sites is 1. The van der Waals surface area contributed by atoms with Crippen LogP contribution in [0.1, 0.15) is 5.56 Å². The zero-order valence-corrected chi connectivity index (χ0v) is 8.11. The quantitative estimate of drug-likeness (QED) is 0.646. The van der Waals surface area contributed by atoms with E-state index in [0.717, 1.165) is 5.75 Å². The first kappa shape index (κ1) is 10.9. The summed E-state index contributed by atoms with van der Waals surface area (Å²) < 4.78 is 28.2. The molecule has 0 bridgehead atoms. The molecule has 0 atom stereocenters. The monoisotopic (exact) mass is 214 g/mol. The fraction of sp³-hybridized carbons (Fsp3) is 0.111. The van der Waals surface area contributed by atoms with Gasteiger partial charge in [0.25, 0.3) is 11.4 Å². The fourth-order valence-corrected chi connectivity index (χ4v) is 1.06. The summed E-state index contributed by atoms with van der Waals surface area (Å²) in [7, 11) is 0. The maximum Gasteiger partial charge on any atom is 0.299 e. The highest BCUT2D eigenvalue weighted by molar-refractivity contribution is 7.73. The summed E-state index contributed by atoms with van der Waals surface area (Å²) in [5, 5.41) is 0. The number of rotatable bonds is 0. The summed E-state index contributed by atoms with van der Waals surface area (Å²) in [4.78, 5) is 0. The molecule has 0 saturated carbocycles. The van der Waals surface area contributed by atoms with Crippen LogP contribution in [0.2, 0.25) is 0 Å². The van der Waals surface area contributed by atoms with Gasteiger partial charge in [0.1, 0.15) is 12.4 Å². The minimum absolute atomic E-state index is 0.705. The van der Waals surface area contributed by atoms with Crippen molar-refractivity contribution in [1.82, 2.24) is 0 Å². The van der Waals surface area contributed by atoms with Gasteiger partial charge in [0.15, 0.2) is 0 Å². The molecule has 0 aliphatic carbocycles. The summed E-state index contributed by atoms with van der Waals surface area (Å²) in [6, 6.07) is 8.03. The number of benzene rings is 1. The second-order valence-corrected chi connectivity index (χ2v) is 2.94. The van der Waals surface area contributed by atoms with E-state index >= 15 is 0 Å². The molecule has 1 aliphatic rings. The van der Waals surface area contributed by atoms with Crippen molar-refractivity contribution < 1.29 is 18.1 Å². The van der Waals surface area contributed by atoms with Crippen LogP contribution in [0.3, 0.4) is 0 Å². The van der Waals surface area contributed by atoms with Crippen molar-refractivity contribution in [2.75, 3.05) is 6.61 Å². The highest BCUT2D eigenvalue weighted by Crippen LogP contribution is 2.21. The molecule has 0 saturated heterocycles. The SMILES string of the molecule is C1=Cc2ccccc2OC1.O=S(O)O. The Kier molecular flexibility index (Phi) is 4.31. The van der Waals surface area contributed by atoms with Gasteiger partial charge in [0.05, 0.1) is 0 Å². The molecule has 1 heterocycles. The lowest BCUT2D eigenvalue weighted by atomic mass is 10.1. The molecule has 5 heteroatoms. The van der Waals surface area contributed by atoms with Crippen molar-refractivity contribution in [2.45, 2.75) is 0 Å². The minimum Gasteiger partial charge on any atom is -0.489 e. The maximum absolute atomic E-state index is 8.67. The standard InChI is InChI=1S/C9H8O.H2O3S/c1-2-6-9-8(4-1)5-3-7-10-9;1-4(2)3/h1-6H,7H2;(H2,1,2,3). The largest absolute Gasteiger partial charge is 0.489 e. The Morgan fingerprint density at radius 1 is 1.29 bits per heavy atom. The van der Waals surface area contributed by atoms with E-state index in [1.54, 1.807) is 0 Å². The highest BCUT2D eigenvalue weighted by atomic mass is 32.2. The first-order valence-corrected chi connectivity index (χ1v) is 4.95. The Labute approximate surface area is 84.3 Å². The fourth-order valence-electron chi connectivity index (χ4n) is 1.06. The zero-order valence-electron chi connectivity index (χ0n) is 7.29. The number of fused-ring (bicyclic) bond motifs is 1. The summed E-state index contributed by atoms with van der Waals surface area (Å²) in [6.45, 7) is 0.705. The van der Waals surface area contributed by atoms with E-state index in [9.17, 15) is 0 Å². The summed E-state index contributed by atoms with van der Waals surface area (Å²) in [5.41, 5.74) is 1.17. The van der Waals surface area contributed by atoms with E-state index in [0.29, 0.717) is 6.61 Å². The van der Waals surface area contributed by atoms with Crippen LogP contribution in [0.5, 0.6) is 5.75 Å². The van der Waals surface area contributed by atoms with E-state index in [2.05, 4.69) is 6.08 Å². The normalized spacial score (nSPS) is 12.5. The van der Waals surface area contributed by atoms with E-state index in [1.807, 2.05) is 30.3 Å². The first-order valence-electron chi connectivity index (χ1n) is 3.88. The van der Waals surface area contributed by atoms with Gasteiger partial charge in [0, 0.05) is 5.56 Å². The lowest BCUT2D eigenvalue weighted by Gasteiger charge is -2.10. The number of ether oxygens (including phenoxy) is 1. The van der Waals surface area contributed by atoms with E-state index < -0.39 is 11.4 Å². The molecule has 1 aromatic carbocycles. The smallest absolute Gasteiger partial charge is 0.299 e. The molecule has 76 valence electrons. The molecular formula is C9H10O4S. The summed E-state index contributed by atoms with van der Waals surface area (Å²) >= 11 is -2.61. The Morgan fingerprint density at radius 2 is 1.93 bits per heavy atom. The van der Waals surface area contributed by atoms with Gasteiger partial charge in [-0.1, -0.05) is 24.3 Å². The molecule has 0 unspecified atom stereocenters. The van der Waals surface area contributed by atoms with Crippen LogP contribution >= 0.6 is 0 Å². The van der Waals surface area contributed by atoms with Crippen LogP contribution in [0.15, 0.2) is 30.3 Å². The zero-order chi connectivity index (χ0) is 10.4. The van der Waals surface area contributed by atoms with Crippen molar-refractivity contribution in [3.8, 4) is 5.75 Å². The molecular weight excluding hydrogens is 204 g/mol. The van der Waals surface area contributed by atoms with Crippen LogP contribution in [-0.2, 0) is 11.4 Å².